The number of nitrogens with zero attached hydrogens (tertiary/aromatic N) is 6. The van der Waals surface area contributed by atoms with Gasteiger partial charge in [-0.05, 0) is 24.3 Å². The van der Waals surface area contributed by atoms with Crippen molar-refractivity contribution in [2.24, 2.45) is 0 Å². The molecular formula is C10H10N6. The molecule has 3 heterocycles. The van der Waals surface area contributed by atoms with E-state index in [1.54, 1.807) is 11.0 Å². The molecule has 0 aliphatic carbocycles. The lowest BCUT2D eigenvalue weighted by Gasteiger charge is -1.96. The molecule has 3 aromatic rings. The van der Waals surface area contributed by atoms with Crippen LogP contribution in [0.4, 0.5) is 0 Å². The summed E-state index contributed by atoms with van der Waals surface area (Å²) < 4.78 is 1.94. The summed E-state index contributed by atoms with van der Waals surface area (Å²) in [4.78, 5) is 5.77. The van der Waals surface area contributed by atoms with Crippen molar-refractivity contribution >= 4 is 5.65 Å². The van der Waals surface area contributed by atoms with E-state index in [-0.39, 0.29) is 0 Å². The van der Waals surface area contributed by atoms with Crippen molar-refractivity contribution in [2.75, 3.05) is 0 Å². The molecule has 0 atom stereocenters. The fourth-order valence-corrected chi connectivity index (χ4v) is 1.54. The highest BCUT2D eigenvalue weighted by Gasteiger charge is 2.06. The number of aryl methyl sites for hydroxylation is 1. The van der Waals surface area contributed by atoms with Crippen LogP contribution in [0.15, 0.2) is 30.7 Å². The molecule has 0 amide bonds. The van der Waals surface area contributed by atoms with Gasteiger partial charge in [0.1, 0.15) is 5.65 Å². The third kappa shape index (κ3) is 1.35. The lowest BCUT2D eigenvalue weighted by Crippen LogP contribution is -1.98. The van der Waals surface area contributed by atoms with Gasteiger partial charge in [0, 0.05) is 24.2 Å². The van der Waals surface area contributed by atoms with Crippen LogP contribution in [0.1, 0.15) is 6.92 Å². The second kappa shape index (κ2) is 3.41. The normalized spacial score (nSPS) is 11.1. The van der Waals surface area contributed by atoms with E-state index in [1.807, 2.05) is 35.9 Å². The number of tetrazole rings is 1. The van der Waals surface area contributed by atoms with Crippen molar-refractivity contribution in [1.82, 2.24) is 29.6 Å². The Balaban J connectivity index is 2.10. The van der Waals surface area contributed by atoms with Crippen LogP contribution in [0, 0.1) is 0 Å². The van der Waals surface area contributed by atoms with Gasteiger partial charge in [-0.25, -0.2) is 4.98 Å². The molecule has 0 saturated heterocycles. The summed E-state index contributed by atoms with van der Waals surface area (Å²) in [5, 5.41) is 12.2. The summed E-state index contributed by atoms with van der Waals surface area (Å²) >= 11 is 0. The lowest BCUT2D eigenvalue weighted by atomic mass is 10.2. The fourth-order valence-electron chi connectivity index (χ4n) is 1.54. The molecule has 0 N–H and O–H groups in total. The molecule has 0 saturated carbocycles. The fraction of sp³-hybridized carbons (Fsp3) is 0.200. The van der Waals surface area contributed by atoms with Gasteiger partial charge in [0.25, 0.3) is 0 Å². The number of fused-ring (bicyclic) bond motifs is 1. The smallest absolute Gasteiger partial charge is 0.205 e. The van der Waals surface area contributed by atoms with E-state index in [0.29, 0.717) is 5.82 Å². The van der Waals surface area contributed by atoms with Gasteiger partial charge in [-0.1, -0.05) is 0 Å². The Morgan fingerprint density at radius 3 is 3.06 bits per heavy atom. The quantitative estimate of drug-likeness (QED) is 0.638. The lowest BCUT2D eigenvalue weighted by molar-refractivity contribution is 0.553. The van der Waals surface area contributed by atoms with Crippen molar-refractivity contribution in [3.63, 3.8) is 0 Å². The maximum Gasteiger partial charge on any atom is 0.205 e. The van der Waals surface area contributed by atoms with Gasteiger partial charge in [-0.15, -0.1) is 10.2 Å². The van der Waals surface area contributed by atoms with E-state index < -0.39 is 0 Å². The number of rotatable bonds is 2. The summed E-state index contributed by atoms with van der Waals surface area (Å²) in [6.45, 7) is 2.70. The van der Waals surface area contributed by atoms with Crippen LogP contribution in [0.25, 0.3) is 17.0 Å². The summed E-state index contributed by atoms with van der Waals surface area (Å²) in [6, 6.07) is 3.89. The predicted octanol–water partition coefficient (Wildman–Crippen LogP) is 1.01. The van der Waals surface area contributed by atoms with E-state index in [1.165, 1.54) is 0 Å². The number of aromatic nitrogens is 6. The Kier molecular flexibility index (Phi) is 1.92. The molecule has 0 fully saturated rings. The SMILES string of the molecule is CCn1nnc(-c2ccn3ccnc3c2)n1. The molecule has 6 heteroatoms. The Hall–Kier alpha value is -2.24. The molecule has 6 nitrogen and oxygen atoms in total. The molecule has 0 bridgehead atoms. The van der Waals surface area contributed by atoms with E-state index in [0.717, 1.165) is 17.8 Å². The Labute approximate surface area is 91.5 Å². The maximum absolute atomic E-state index is 4.25. The van der Waals surface area contributed by atoms with Gasteiger partial charge >= 0.3 is 0 Å². The van der Waals surface area contributed by atoms with Crippen molar-refractivity contribution in [3.05, 3.63) is 30.7 Å². The highest BCUT2D eigenvalue weighted by atomic mass is 15.6. The molecule has 0 aromatic carbocycles. The van der Waals surface area contributed by atoms with Crippen LogP contribution in [0.5, 0.6) is 0 Å². The highest BCUT2D eigenvalue weighted by molar-refractivity contribution is 5.60. The van der Waals surface area contributed by atoms with Crippen LogP contribution in [0.2, 0.25) is 0 Å². The Bertz CT molecular complexity index is 623. The predicted molar refractivity (Wildman–Crippen MR) is 57.7 cm³/mol. The van der Waals surface area contributed by atoms with E-state index >= 15 is 0 Å². The van der Waals surface area contributed by atoms with Crippen LogP contribution in [0.3, 0.4) is 0 Å². The van der Waals surface area contributed by atoms with E-state index in [9.17, 15) is 0 Å². The number of pyridine rings is 1. The van der Waals surface area contributed by atoms with Crippen molar-refractivity contribution < 1.29 is 0 Å². The van der Waals surface area contributed by atoms with Crippen LogP contribution < -0.4 is 0 Å². The minimum Gasteiger partial charge on any atom is -0.307 e. The molecule has 0 spiro atoms. The van der Waals surface area contributed by atoms with Crippen LogP contribution in [-0.4, -0.2) is 29.6 Å². The first-order valence-electron chi connectivity index (χ1n) is 5.08. The molecule has 3 aromatic heterocycles. The average Bonchev–Trinajstić information content (AvgIpc) is 2.96. The first kappa shape index (κ1) is 9.02. The summed E-state index contributed by atoms with van der Waals surface area (Å²) in [6.07, 6.45) is 5.59. The molecule has 16 heavy (non-hydrogen) atoms. The third-order valence-corrected chi connectivity index (χ3v) is 2.39. The zero-order valence-electron chi connectivity index (χ0n) is 8.78. The van der Waals surface area contributed by atoms with Crippen molar-refractivity contribution in [2.45, 2.75) is 13.5 Å². The van der Waals surface area contributed by atoms with Gasteiger partial charge in [-0.2, -0.15) is 4.80 Å². The Morgan fingerprint density at radius 1 is 1.31 bits per heavy atom. The molecule has 80 valence electrons. The van der Waals surface area contributed by atoms with Crippen molar-refractivity contribution in [3.8, 4) is 11.4 Å². The average molecular weight is 214 g/mol. The molecular weight excluding hydrogens is 204 g/mol. The van der Waals surface area contributed by atoms with Crippen molar-refractivity contribution in [1.29, 1.82) is 0 Å². The largest absolute Gasteiger partial charge is 0.307 e. The van der Waals surface area contributed by atoms with Gasteiger partial charge in [-0.3, -0.25) is 0 Å². The molecule has 0 unspecified atom stereocenters. The van der Waals surface area contributed by atoms with Gasteiger partial charge < -0.3 is 4.40 Å². The van der Waals surface area contributed by atoms with Gasteiger partial charge in [0.2, 0.25) is 5.82 Å². The Morgan fingerprint density at radius 2 is 2.25 bits per heavy atom. The van der Waals surface area contributed by atoms with E-state index in [2.05, 4.69) is 20.4 Å². The number of hydrogen-bond donors (Lipinski definition) is 0. The van der Waals surface area contributed by atoms with Gasteiger partial charge in [0.15, 0.2) is 0 Å². The van der Waals surface area contributed by atoms with E-state index in [4.69, 9.17) is 0 Å². The standard InChI is InChI=1S/C10H10N6/c1-2-16-13-10(12-14-16)8-3-5-15-6-4-11-9(15)7-8/h3-7H,2H2,1H3. The zero-order chi connectivity index (χ0) is 11.0. The zero-order valence-corrected chi connectivity index (χ0v) is 8.78. The van der Waals surface area contributed by atoms with Crippen LogP contribution in [-0.2, 0) is 6.54 Å². The van der Waals surface area contributed by atoms with Crippen LogP contribution >= 0.6 is 0 Å². The third-order valence-electron chi connectivity index (χ3n) is 2.39. The second-order valence-electron chi connectivity index (χ2n) is 3.41. The maximum atomic E-state index is 4.25. The molecule has 0 radical (unpaired) electrons. The highest BCUT2D eigenvalue weighted by Crippen LogP contribution is 2.15. The monoisotopic (exact) mass is 214 g/mol. The summed E-state index contributed by atoms with van der Waals surface area (Å²) in [5.74, 6) is 0.632. The number of imidazole rings is 1. The first-order chi connectivity index (χ1) is 7.86. The second-order valence-corrected chi connectivity index (χ2v) is 3.41. The molecule has 3 rings (SSSR count). The summed E-state index contributed by atoms with van der Waals surface area (Å²) in [7, 11) is 0. The molecule has 0 aliphatic heterocycles. The first-order valence-corrected chi connectivity index (χ1v) is 5.08. The van der Waals surface area contributed by atoms with Gasteiger partial charge in [0.05, 0.1) is 6.54 Å². The number of hydrogen-bond acceptors (Lipinski definition) is 4. The molecule has 0 aliphatic rings. The summed E-state index contributed by atoms with van der Waals surface area (Å²) in [5.41, 5.74) is 1.81. The minimum atomic E-state index is 0.632. The topological polar surface area (TPSA) is 60.9 Å². The minimum absolute atomic E-state index is 0.632.